The van der Waals surface area contributed by atoms with Gasteiger partial charge in [-0.1, -0.05) is 18.2 Å². The van der Waals surface area contributed by atoms with Crippen molar-refractivity contribution in [3.8, 4) is 0 Å². The molecule has 0 radical (unpaired) electrons. The van der Waals surface area contributed by atoms with E-state index in [4.69, 9.17) is 0 Å². The Morgan fingerprint density at radius 1 is 1.19 bits per heavy atom. The van der Waals surface area contributed by atoms with E-state index in [0.29, 0.717) is 12.2 Å². The Kier molecular flexibility index (Phi) is 5.71. The highest BCUT2D eigenvalue weighted by molar-refractivity contribution is 6.39. The third kappa shape index (κ3) is 4.84. The van der Waals surface area contributed by atoms with Crippen LogP contribution in [0.4, 0.5) is 5.69 Å². The Hall–Kier alpha value is -1.92. The molecular weight excluding hydrogens is 268 g/mol. The highest BCUT2D eigenvalue weighted by Gasteiger charge is 2.15. The first-order valence-electron chi connectivity index (χ1n) is 7.24. The topological polar surface area (TPSA) is 73.5 Å². The molecule has 0 unspecified atom stereocenters. The summed E-state index contributed by atoms with van der Waals surface area (Å²) in [5, 5.41) is 8.55. The van der Waals surface area contributed by atoms with E-state index in [9.17, 15) is 9.59 Å². The number of rotatable bonds is 4. The maximum atomic E-state index is 11.8. The van der Waals surface area contributed by atoms with Crippen molar-refractivity contribution in [2.24, 2.45) is 0 Å². The number of nitrogens with zero attached hydrogens (tertiary/aromatic N) is 1. The molecule has 1 heterocycles. The van der Waals surface area contributed by atoms with E-state index in [1.807, 2.05) is 25.1 Å². The molecule has 114 valence electrons. The molecule has 0 aliphatic carbocycles. The second-order valence-electron chi connectivity index (χ2n) is 5.12. The first kappa shape index (κ1) is 15.5. The van der Waals surface area contributed by atoms with Crippen LogP contribution in [0.3, 0.4) is 0 Å². The van der Waals surface area contributed by atoms with Gasteiger partial charge in [-0.05, 0) is 18.6 Å². The van der Waals surface area contributed by atoms with E-state index < -0.39 is 11.8 Å². The molecule has 0 aromatic heterocycles. The van der Waals surface area contributed by atoms with Crippen molar-refractivity contribution in [1.29, 1.82) is 0 Å². The molecule has 1 saturated heterocycles. The van der Waals surface area contributed by atoms with Gasteiger partial charge in [-0.25, -0.2) is 0 Å². The maximum absolute atomic E-state index is 11.8. The molecule has 1 fully saturated rings. The van der Waals surface area contributed by atoms with E-state index in [0.717, 1.165) is 38.3 Å². The standard InChI is InChI=1S/C15H22N4O2/c1-12-4-2-3-5-13(12)18-15(21)14(20)17-8-11-19-9-6-16-7-10-19/h2-5,16H,6-11H2,1H3,(H,17,20)(H,18,21). The molecular formula is C15H22N4O2. The summed E-state index contributed by atoms with van der Waals surface area (Å²) in [6, 6.07) is 7.38. The van der Waals surface area contributed by atoms with Gasteiger partial charge in [0.05, 0.1) is 0 Å². The normalized spacial score (nSPS) is 15.5. The summed E-state index contributed by atoms with van der Waals surface area (Å²) in [7, 11) is 0. The van der Waals surface area contributed by atoms with Gasteiger partial charge in [0, 0.05) is 45.0 Å². The highest BCUT2D eigenvalue weighted by Crippen LogP contribution is 2.12. The summed E-state index contributed by atoms with van der Waals surface area (Å²) in [5.74, 6) is -1.21. The molecule has 1 aromatic rings. The van der Waals surface area contributed by atoms with Gasteiger partial charge in [0.2, 0.25) is 0 Å². The van der Waals surface area contributed by atoms with Gasteiger partial charge in [0.25, 0.3) is 0 Å². The minimum absolute atomic E-state index is 0.486. The number of hydrogen-bond acceptors (Lipinski definition) is 4. The van der Waals surface area contributed by atoms with Crippen LogP contribution in [0.25, 0.3) is 0 Å². The summed E-state index contributed by atoms with van der Waals surface area (Å²) < 4.78 is 0. The van der Waals surface area contributed by atoms with Gasteiger partial charge in [-0.2, -0.15) is 0 Å². The van der Waals surface area contributed by atoms with Crippen molar-refractivity contribution < 1.29 is 9.59 Å². The lowest BCUT2D eigenvalue weighted by Crippen LogP contribution is -2.47. The van der Waals surface area contributed by atoms with Gasteiger partial charge < -0.3 is 16.0 Å². The van der Waals surface area contributed by atoms with Crippen molar-refractivity contribution >= 4 is 17.5 Å². The lowest BCUT2D eigenvalue weighted by molar-refractivity contribution is -0.136. The smallest absolute Gasteiger partial charge is 0.313 e. The Labute approximate surface area is 124 Å². The van der Waals surface area contributed by atoms with Crippen LogP contribution in [0.5, 0.6) is 0 Å². The summed E-state index contributed by atoms with van der Waals surface area (Å²) >= 11 is 0. The number of aryl methyl sites for hydroxylation is 1. The Morgan fingerprint density at radius 2 is 1.90 bits per heavy atom. The monoisotopic (exact) mass is 290 g/mol. The molecule has 0 saturated carbocycles. The fourth-order valence-corrected chi connectivity index (χ4v) is 2.23. The fraction of sp³-hybridized carbons (Fsp3) is 0.467. The van der Waals surface area contributed by atoms with Crippen molar-refractivity contribution in [3.05, 3.63) is 29.8 Å². The number of carbonyl (C=O) groups is 2. The molecule has 21 heavy (non-hydrogen) atoms. The van der Waals surface area contributed by atoms with Crippen molar-refractivity contribution in [3.63, 3.8) is 0 Å². The van der Waals surface area contributed by atoms with E-state index >= 15 is 0 Å². The van der Waals surface area contributed by atoms with Crippen molar-refractivity contribution in [2.45, 2.75) is 6.92 Å². The van der Waals surface area contributed by atoms with Gasteiger partial charge >= 0.3 is 11.8 Å². The third-order valence-corrected chi connectivity index (χ3v) is 3.52. The Bertz CT molecular complexity index is 498. The molecule has 2 amide bonds. The zero-order valence-corrected chi connectivity index (χ0v) is 12.3. The van der Waals surface area contributed by atoms with Gasteiger partial charge in [-0.15, -0.1) is 0 Å². The van der Waals surface area contributed by atoms with Crippen LogP contribution in [-0.4, -0.2) is 56.0 Å². The molecule has 0 bridgehead atoms. The fourth-order valence-electron chi connectivity index (χ4n) is 2.23. The summed E-state index contributed by atoms with van der Waals surface area (Å²) in [4.78, 5) is 25.8. The quantitative estimate of drug-likeness (QED) is 0.680. The predicted molar refractivity (Wildman–Crippen MR) is 82.1 cm³/mol. The summed E-state index contributed by atoms with van der Waals surface area (Å²) in [6.07, 6.45) is 0. The SMILES string of the molecule is Cc1ccccc1NC(=O)C(=O)NCCN1CCNCC1. The van der Waals surface area contributed by atoms with Gasteiger partial charge in [-0.3, -0.25) is 14.5 Å². The number of carbonyl (C=O) groups excluding carboxylic acids is 2. The van der Waals surface area contributed by atoms with Crippen molar-refractivity contribution in [2.75, 3.05) is 44.6 Å². The number of piperazine rings is 1. The molecule has 1 aliphatic heterocycles. The molecule has 0 spiro atoms. The predicted octanol–water partition coefficient (Wildman–Crippen LogP) is -0.0451. The average Bonchev–Trinajstić information content (AvgIpc) is 2.50. The second kappa shape index (κ2) is 7.75. The average molecular weight is 290 g/mol. The lowest BCUT2D eigenvalue weighted by atomic mass is 10.2. The number of benzene rings is 1. The molecule has 1 aliphatic rings. The van der Waals surface area contributed by atoms with Crippen LogP contribution in [0.2, 0.25) is 0 Å². The largest absolute Gasteiger partial charge is 0.347 e. The van der Waals surface area contributed by atoms with Gasteiger partial charge in [0.1, 0.15) is 0 Å². The molecule has 0 atom stereocenters. The van der Waals surface area contributed by atoms with Crippen LogP contribution < -0.4 is 16.0 Å². The number of para-hydroxylation sites is 1. The Morgan fingerprint density at radius 3 is 2.62 bits per heavy atom. The summed E-state index contributed by atoms with van der Waals surface area (Å²) in [5.41, 5.74) is 1.60. The van der Waals surface area contributed by atoms with Crippen LogP contribution >= 0.6 is 0 Å². The zero-order chi connectivity index (χ0) is 15.1. The van der Waals surface area contributed by atoms with Gasteiger partial charge in [0.15, 0.2) is 0 Å². The third-order valence-electron chi connectivity index (χ3n) is 3.52. The number of amides is 2. The molecule has 3 N–H and O–H groups in total. The van der Waals surface area contributed by atoms with E-state index in [2.05, 4.69) is 20.9 Å². The molecule has 6 heteroatoms. The molecule has 2 rings (SSSR count). The molecule has 1 aromatic carbocycles. The highest BCUT2D eigenvalue weighted by atomic mass is 16.2. The number of anilines is 1. The van der Waals surface area contributed by atoms with Crippen LogP contribution in [0, 0.1) is 6.92 Å². The summed E-state index contributed by atoms with van der Waals surface area (Å²) in [6.45, 7) is 7.04. The van der Waals surface area contributed by atoms with Crippen molar-refractivity contribution in [1.82, 2.24) is 15.5 Å². The lowest BCUT2D eigenvalue weighted by Gasteiger charge is -2.26. The number of hydrogen-bond donors (Lipinski definition) is 3. The van der Waals surface area contributed by atoms with E-state index in [1.54, 1.807) is 6.07 Å². The minimum atomic E-state index is -0.621. The first-order valence-corrected chi connectivity index (χ1v) is 7.24. The zero-order valence-electron chi connectivity index (χ0n) is 12.3. The van der Waals surface area contributed by atoms with Crippen LogP contribution in [0.15, 0.2) is 24.3 Å². The first-order chi connectivity index (χ1) is 10.2. The van der Waals surface area contributed by atoms with E-state index in [1.165, 1.54) is 0 Å². The second-order valence-corrected chi connectivity index (χ2v) is 5.12. The Balaban J connectivity index is 1.72. The van der Waals surface area contributed by atoms with Crippen LogP contribution in [0.1, 0.15) is 5.56 Å². The molecule has 6 nitrogen and oxygen atoms in total. The van der Waals surface area contributed by atoms with E-state index in [-0.39, 0.29) is 0 Å². The van der Waals surface area contributed by atoms with Crippen LogP contribution in [-0.2, 0) is 9.59 Å². The number of nitrogens with one attached hydrogen (secondary N) is 3. The minimum Gasteiger partial charge on any atom is -0.347 e. The maximum Gasteiger partial charge on any atom is 0.313 e.